The summed E-state index contributed by atoms with van der Waals surface area (Å²) in [5.74, 6) is -0.366. The van der Waals surface area contributed by atoms with Crippen molar-refractivity contribution >= 4 is 22.6 Å². The van der Waals surface area contributed by atoms with Gasteiger partial charge in [-0.15, -0.1) is 0 Å². The molecule has 0 radical (unpaired) electrons. The number of hydrogen-bond acceptors (Lipinski definition) is 7. The molecule has 0 bridgehead atoms. The van der Waals surface area contributed by atoms with E-state index in [1.807, 2.05) is 11.0 Å². The largest absolute Gasteiger partial charge is 0.466 e. The first-order valence-corrected chi connectivity index (χ1v) is 9.31. The summed E-state index contributed by atoms with van der Waals surface area (Å²) < 4.78 is 10.6. The van der Waals surface area contributed by atoms with E-state index in [4.69, 9.17) is 9.47 Å². The molecule has 1 aliphatic rings. The first kappa shape index (κ1) is 19.8. The van der Waals surface area contributed by atoms with Crippen LogP contribution < -0.4 is 10.5 Å². The Labute approximate surface area is 163 Å². The van der Waals surface area contributed by atoms with Gasteiger partial charge in [0.1, 0.15) is 11.6 Å². The van der Waals surface area contributed by atoms with Crippen molar-refractivity contribution in [3.63, 3.8) is 0 Å². The second-order valence-corrected chi connectivity index (χ2v) is 7.13. The van der Waals surface area contributed by atoms with Crippen LogP contribution in [0.25, 0.3) is 10.9 Å². The van der Waals surface area contributed by atoms with E-state index in [0.29, 0.717) is 42.0 Å². The maximum Gasteiger partial charge on any atom is 0.311 e. The number of nitrogens with one attached hydrogen (secondary N) is 1. The Morgan fingerprint density at radius 3 is 2.75 bits per heavy atom. The van der Waals surface area contributed by atoms with E-state index >= 15 is 0 Å². The van der Waals surface area contributed by atoms with Crippen LogP contribution in [0.4, 0.5) is 5.69 Å². The number of hydrogen-bond donors (Lipinski definition) is 1. The highest BCUT2D eigenvalue weighted by Crippen LogP contribution is 2.33. The van der Waals surface area contributed by atoms with Crippen molar-refractivity contribution in [3.8, 4) is 6.07 Å². The minimum Gasteiger partial charge on any atom is -0.466 e. The maximum atomic E-state index is 12.4. The van der Waals surface area contributed by atoms with Crippen molar-refractivity contribution in [2.24, 2.45) is 0 Å². The van der Waals surface area contributed by atoms with Crippen LogP contribution in [-0.2, 0) is 20.7 Å². The summed E-state index contributed by atoms with van der Waals surface area (Å²) in [7, 11) is 1.70. The van der Waals surface area contributed by atoms with Gasteiger partial charge >= 0.3 is 5.97 Å². The molecular weight excluding hydrogens is 360 g/mol. The van der Waals surface area contributed by atoms with Gasteiger partial charge in [0, 0.05) is 25.6 Å². The van der Waals surface area contributed by atoms with Crippen LogP contribution in [-0.4, -0.2) is 48.3 Å². The number of aromatic nitrogens is 2. The lowest BCUT2D eigenvalue weighted by atomic mass is 9.92. The van der Waals surface area contributed by atoms with Gasteiger partial charge in [0.25, 0.3) is 5.56 Å². The van der Waals surface area contributed by atoms with Gasteiger partial charge in [-0.2, -0.15) is 5.26 Å². The zero-order chi connectivity index (χ0) is 20.3. The zero-order valence-electron chi connectivity index (χ0n) is 16.4. The molecule has 8 nitrogen and oxygen atoms in total. The molecule has 0 saturated carbocycles. The molecule has 0 aromatic carbocycles. The highest BCUT2D eigenvalue weighted by Gasteiger charge is 2.32. The summed E-state index contributed by atoms with van der Waals surface area (Å²) >= 11 is 0. The first-order valence-electron chi connectivity index (χ1n) is 9.31. The monoisotopic (exact) mass is 384 g/mol. The van der Waals surface area contributed by atoms with E-state index in [9.17, 15) is 14.9 Å². The average molecular weight is 384 g/mol. The third-order valence-corrected chi connectivity index (χ3v) is 5.30. The molecule has 0 spiro atoms. The first-order chi connectivity index (χ1) is 13.4. The topological polar surface area (TPSA) is 108 Å². The van der Waals surface area contributed by atoms with Gasteiger partial charge in [-0.3, -0.25) is 14.6 Å². The van der Waals surface area contributed by atoms with Crippen LogP contribution in [0.1, 0.15) is 37.9 Å². The molecule has 0 amide bonds. The Bertz CT molecular complexity index is 984. The Balaban J connectivity index is 2.07. The van der Waals surface area contributed by atoms with Crippen LogP contribution >= 0.6 is 0 Å². The van der Waals surface area contributed by atoms with E-state index in [1.54, 1.807) is 20.1 Å². The number of carbonyl (C=O) groups is 1. The number of nitriles is 1. The smallest absolute Gasteiger partial charge is 0.311 e. The number of anilines is 1. The van der Waals surface area contributed by atoms with Crippen molar-refractivity contribution < 1.29 is 14.3 Å². The van der Waals surface area contributed by atoms with Gasteiger partial charge in [-0.1, -0.05) is 0 Å². The van der Waals surface area contributed by atoms with Crippen LogP contribution in [0, 0.1) is 11.3 Å². The predicted molar refractivity (Wildman–Crippen MR) is 104 cm³/mol. The number of nitrogens with zero attached hydrogens (tertiary/aromatic N) is 3. The van der Waals surface area contributed by atoms with E-state index in [0.717, 1.165) is 12.8 Å². The summed E-state index contributed by atoms with van der Waals surface area (Å²) in [5, 5.41) is 10.3. The summed E-state index contributed by atoms with van der Waals surface area (Å²) in [5.41, 5.74) is 1.07. The highest BCUT2D eigenvalue weighted by molar-refractivity contribution is 5.94. The number of methoxy groups -OCH3 is 1. The van der Waals surface area contributed by atoms with Crippen LogP contribution in [0.5, 0.6) is 0 Å². The predicted octanol–water partition coefficient (Wildman–Crippen LogP) is 1.91. The Morgan fingerprint density at radius 1 is 1.43 bits per heavy atom. The molecule has 8 heteroatoms. The third kappa shape index (κ3) is 3.85. The van der Waals surface area contributed by atoms with Crippen LogP contribution in [0.15, 0.2) is 17.1 Å². The maximum absolute atomic E-state index is 12.4. The molecule has 0 aliphatic carbocycles. The molecule has 148 valence electrons. The second kappa shape index (κ2) is 7.98. The molecule has 1 N–H and O–H groups in total. The third-order valence-electron chi connectivity index (χ3n) is 5.30. The number of esters is 1. The normalized spacial score (nSPS) is 16.0. The lowest BCUT2D eigenvalue weighted by Gasteiger charge is -2.40. The Kier molecular flexibility index (Phi) is 5.66. The second-order valence-electron chi connectivity index (χ2n) is 7.13. The fraction of sp³-hybridized carbons (Fsp3) is 0.500. The number of fused-ring (bicyclic) bond motifs is 1. The van der Waals surface area contributed by atoms with Crippen molar-refractivity contribution in [2.75, 3.05) is 31.7 Å². The van der Waals surface area contributed by atoms with Gasteiger partial charge in [0.05, 0.1) is 41.7 Å². The quantitative estimate of drug-likeness (QED) is 0.784. The van der Waals surface area contributed by atoms with E-state index in [1.165, 1.54) is 6.20 Å². The van der Waals surface area contributed by atoms with Crippen molar-refractivity contribution in [1.82, 2.24) is 9.97 Å². The van der Waals surface area contributed by atoms with Gasteiger partial charge in [-0.05, 0) is 32.8 Å². The number of ether oxygens (including phenoxy) is 2. The van der Waals surface area contributed by atoms with E-state index in [2.05, 4.69) is 16.9 Å². The summed E-state index contributed by atoms with van der Waals surface area (Å²) in [6, 6.07) is 3.79. The number of pyridine rings is 2. The molecule has 0 unspecified atom stereocenters. The van der Waals surface area contributed by atoms with Gasteiger partial charge < -0.3 is 19.4 Å². The molecule has 2 aromatic heterocycles. The van der Waals surface area contributed by atoms with Gasteiger partial charge in [0.15, 0.2) is 0 Å². The fourth-order valence-electron chi connectivity index (χ4n) is 3.52. The van der Waals surface area contributed by atoms with Crippen LogP contribution in [0.3, 0.4) is 0 Å². The molecule has 1 aliphatic heterocycles. The van der Waals surface area contributed by atoms with Crippen molar-refractivity contribution in [2.45, 2.75) is 38.7 Å². The Morgan fingerprint density at radius 2 is 2.14 bits per heavy atom. The van der Waals surface area contributed by atoms with Crippen molar-refractivity contribution in [1.29, 1.82) is 5.26 Å². The molecule has 3 heterocycles. The lowest BCUT2D eigenvalue weighted by Crippen LogP contribution is -2.44. The molecule has 1 saturated heterocycles. The summed E-state index contributed by atoms with van der Waals surface area (Å²) in [6.45, 7) is 5.43. The van der Waals surface area contributed by atoms with E-state index in [-0.39, 0.29) is 23.6 Å². The van der Waals surface area contributed by atoms with E-state index < -0.39 is 5.56 Å². The average Bonchev–Trinajstić information content (AvgIpc) is 2.68. The van der Waals surface area contributed by atoms with Gasteiger partial charge in [-0.25, -0.2) is 0 Å². The standard InChI is InChI=1S/C20H24N4O4/c1-4-28-17(25)10-13-9-14-16(12-22-13)23-19(26)15(11-21)18(14)24-7-5-20(2,27-3)6-8-24/h9,12H,4-8,10H2,1-3H3,(H,23,26). The zero-order valence-corrected chi connectivity index (χ0v) is 16.4. The number of aromatic amines is 1. The minimum absolute atomic E-state index is 0.0337. The lowest BCUT2D eigenvalue weighted by molar-refractivity contribution is -0.142. The number of H-pyrrole nitrogens is 1. The molecule has 3 rings (SSSR count). The number of rotatable bonds is 5. The highest BCUT2D eigenvalue weighted by atomic mass is 16.5. The number of carbonyl (C=O) groups excluding carboxylic acids is 1. The summed E-state index contributed by atoms with van der Waals surface area (Å²) in [4.78, 5) is 33.3. The number of piperidine rings is 1. The fourth-order valence-corrected chi connectivity index (χ4v) is 3.52. The summed E-state index contributed by atoms with van der Waals surface area (Å²) in [6.07, 6.45) is 3.12. The SMILES string of the molecule is CCOC(=O)Cc1cc2c(N3CCC(C)(OC)CC3)c(C#N)c(=O)[nH]c2cn1. The van der Waals surface area contributed by atoms with Crippen molar-refractivity contribution in [3.05, 3.63) is 33.9 Å². The molecule has 2 aromatic rings. The molecule has 28 heavy (non-hydrogen) atoms. The minimum atomic E-state index is -0.440. The van der Waals surface area contributed by atoms with Crippen LogP contribution in [0.2, 0.25) is 0 Å². The Hall–Kier alpha value is -2.92. The molecular formula is C20H24N4O4. The van der Waals surface area contributed by atoms with Gasteiger partial charge in [0.2, 0.25) is 0 Å². The molecule has 1 fully saturated rings. The molecule has 0 atom stereocenters.